The van der Waals surface area contributed by atoms with E-state index >= 15 is 0 Å². The maximum atomic E-state index is 12.4. The molecular weight excluding hydrogens is 406 g/mol. The molecule has 6 nitrogen and oxygen atoms in total. The number of hydrogen-bond acceptors (Lipinski definition) is 6. The van der Waals surface area contributed by atoms with Gasteiger partial charge in [-0.05, 0) is 50.0 Å². The van der Waals surface area contributed by atoms with Crippen LogP contribution in [0.5, 0.6) is 11.5 Å². The van der Waals surface area contributed by atoms with E-state index in [1.165, 1.54) is 5.56 Å². The Hall–Kier alpha value is -2.12. The second-order valence-corrected chi connectivity index (χ2v) is 10.1. The van der Waals surface area contributed by atoms with Crippen LogP contribution in [0.1, 0.15) is 36.0 Å². The van der Waals surface area contributed by atoms with Gasteiger partial charge in [0.1, 0.15) is 6.61 Å². The maximum Gasteiger partial charge on any atom is 0.207 e. The molecule has 0 radical (unpaired) electrons. The predicted octanol–water partition coefficient (Wildman–Crippen LogP) is 2.79. The summed E-state index contributed by atoms with van der Waals surface area (Å²) < 4.78 is 25.6. The third-order valence-corrected chi connectivity index (χ3v) is 8.73. The van der Waals surface area contributed by atoms with Crippen LogP contribution < -0.4 is 9.47 Å². The third-order valence-electron chi connectivity index (χ3n) is 8.73. The number of likely N-dealkylation sites (tertiary alicyclic amines) is 1. The highest BCUT2D eigenvalue weighted by Gasteiger charge is 2.77. The number of benzene rings is 2. The molecular formula is C26H29NO5. The van der Waals surface area contributed by atoms with Crippen molar-refractivity contribution in [1.82, 2.24) is 4.90 Å². The standard InChI is InChI=1S/C26H29NO5/c1-27-12-11-24-21-18-7-8-19(29-16-17-5-3-2-4-6-17)22(21)32-23(24)26(30-13-14-31-26)10-9-25(24,28)20(27)15-18/h2-8,20,23,28H,9-16H2,1H3/t20?,23-,24?,25-/m1/s1. The van der Waals surface area contributed by atoms with Crippen LogP contribution in [-0.4, -0.2) is 60.3 Å². The second kappa shape index (κ2) is 6.48. The van der Waals surface area contributed by atoms with Crippen LogP contribution in [0.25, 0.3) is 0 Å². The van der Waals surface area contributed by atoms with Gasteiger partial charge in [-0.3, -0.25) is 0 Å². The molecule has 32 heavy (non-hydrogen) atoms. The number of nitrogens with zero attached hydrogens (tertiary/aromatic N) is 1. The zero-order valence-corrected chi connectivity index (χ0v) is 18.4. The fourth-order valence-corrected chi connectivity index (χ4v) is 7.32. The lowest BCUT2D eigenvalue weighted by Gasteiger charge is -2.64. The van der Waals surface area contributed by atoms with Crippen LogP contribution in [0.15, 0.2) is 42.5 Å². The molecule has 2 aromatic carbocycles. The molecule has 1 saturated carbocycles. The zero-order chi connectivity index (χ0) is 21.6. The molecule has 0 amide bonds. The SMILES string of the molecule is CN1CCC23c4c5ccc(OCc6ccccc6)c4O[C@H]2C2(CC[C@@]3(O)C1C5)OCCO2. The van der Waals surface area contributed by atoms with Crippen molar-refractivity contribution in [2.75, 3.05) is 26.8 Å². The van der Waals surface area contributed by atoms with Crippen LogP contribution >= 0.6 is 0 Å². The van der Waals surface area contributed by atoms with Crippen LogP contribution in [0.4, 0.5) is 0 Å². The molecule has 3 heterocycles. The van der Waals surface area contributed by atoms with Gasteiger partial charge in [0.25, 0.3) is 0 Å². The topological polar surface area (TPSA) is 60.4 Å². The molecule has 1 N–H and O–H groups in total. The van der Waals surface area contributed by atoms with Gasteiger partial charge in [-0.2, -0.15) is 0 Å². The van der Waals surface area contributed by atoms with E-state index in [1.807, 2.05) is 24.3 Å². The summed E-state index contributed by atoms with van der Waals surface area (Å²) in [6, 6.07) is 14.4. The average molecular weight is 436 g/mol. The fourth-order valence-electron chi connectivity index (χ4n) is 7.32. The number of fused-ring (bicyclic) bond motifs is 1. The minimum Gasteiger partial charge on any atom is -0.485 e. The monoisotopic (exact) mass is 435 g/mol. The molecule has 2 aromatic rings. The largest absolute Gasteiger partial charge is 0.485 e. The molecule has 0 aromatic heterocycles. The highest BCUT2D eigenvalue weighted by molar-refractivity contribution is 5.63. The minimum atomic E-state index is -0.873. The lowest BCUT2D eigenvalue weighted by Crippen LogP contribution is -2.79. The highest BCUT2D eigenvalue weighted by Crippen LogP contribution is 2.67. The number of rotatable bonds is 3. The van der Waals surface area contributed by atoms with E-state index in [0.717, 1.165) is 42.0 Å². The predicted molar refractivity (Wildman–Crippen MR) is 117 cm³/mol. The van der Waals surface area contributed by atoms with Crippen molar-refractivity contribution >= 4 is 0 Å². The van der Waals surface area contributed by atoms with Crippen molar-refractivity contribution in [3.63, 3.8) is 0 Å². The minimum absolute atomic E-state index is 0.0654. The first kappa shape index (κ1) is 19.4. The lowest BCUT2D eigenvalue weighted by atomic mass is 9.48. The van der Waals surface area contributed by atoms with Gasteiger partial charge in [0.05, 0.1) is 24.2 Å². The van der Waals surface area contributed by atoms with Gasteiger partial charge in [0.15, 0.2) is 17.6 Å². The number of hydrogen-bond donors (Lipinski definition) is 1. The van der Waals surface area contributed by atoms with E-state index in [-0.39, 0.29) is 12.1 Å². The Balaban J connectivity index is 1.38. The Morgan fingerprint density at radius 3 is 2.69 bits per heavy atom. The lowest BCUT2D eigenvalue weighted by molar-refractivity contribution is -0.295. The summed E-state index contributed by atoms with van der Waals surface area (Å²) in [5.74, 6) is 0.728. The molecule has 6 heteroatoms. The Morgan fingerprint density at radius 2 is 1.88 bits per heavy atom. The van der Waals surface area contributed by atoms with Crippen LogP contribution in [0.3, 0.4) is 0 Å². The summed E-state index contributed by atoms with van der Waals surface area (Å²) in [7, 11) is 2.14. The van der Waals surface area contributed by atoms with Crippen LogP contribution in [0.2, 0.25) is 0 Å². The fraction of sp³-hybridized carbons (Fsp3) is 0.538. The van der Waals surface area contributed by atoms with E-state index < -0.39 is 16.8 Å². The van der Waals surface area contributed by atoms with Crippen molar-refractivity contribution in [1.29, 1.82) is 0 Å². The molecule has 168 valence electrons. The zero-order valence-electron chi connectivity index (χ0n) is 18.4. The summed E-state index contributed by atoms with van der Waals surface area (Å²) in [6.07, 6.45) is 2.56. The Kier molecular flexibility index (Phi) is 3.92. The van der Waals surface area contributed by atoms with Crippen LogP contribution in [0, 0.1) is 0 Å². The highest BCUT2D eigenvalue weighted by atomic mass is 16.8. The van der Waals surface area contributed by atoms with E-state index in [4.69, 9.17) is 18.9 Å². The summed E-state index contributed by atoms with van der Waals surface area (Å²) in [5, 5.41) is 12.4. The number of aliphatic hydroxyl groups is 1. The van der Waals surface area contributed by atoms with Gasteiger partial charge in [-0.1, -0.05) is 36.4 Å². The normalized spacial score (nSPS) is 36.1. The van der Waals surface area contributed by atoms with Gasteiger partial charge in [-0.15, -0.1) is 0 Å². The summed E-state index contributed by atoms with van der Waals surface area (Å²) in [4.78, 5) is 2.33. The van der Waals surface area contributed by atoms with Gasteiger partial charge >= 0.3 is 0 Å². The molecule has 5 aliphatic rings. The molecule has 3 fully saturated rings. The quantitative estimate of drug-likeness (QED) is 0.800. The van der Waals surface area contributed by atoms with E-state index in [9.17, 15) is 5.11 Å². The van der Waals surface area contributed by atoms with E-state index in [1.54, 1.807) is 0 Å². The molecule has 4 atom stereocenters. The van der Waals surface area contributed by atoms with Crippen molar-refractivity contribution in [3.8, 4) is 11.5 Å². The molecule has 2 bridgehead atoms. The van der Waals surface area contributed by atoms with Crippen LogP contribution in [-0.2, 0) is 27.9 Å². The summed E-state index contributed by atoms with van der Waals surface area (Å²) in [5.41, 5.74) is 2.09. The maximum absolute atomic E-state index is 12.4. The first-order valence-corrected chi connectivity index (χ1v) is 11.8. The number of ether oxygens (including phenoxy) is 4. The van der Waals surface area contributed by atoms with Gasteiger partial charge in [0, 0.05) is 18.0 Å². The van der Waals surface area contributed by atoms with E-state index in [2.05, 4.69) is 30.1 Å². The Labute approximate surface area is 188 Å². The van der Waals surface area contributed by atoms with Crippen molar-refractivity contribution in [2.24, 2.45) is 0 Å². The molecule has 7 rings (SSSR count). The third kappa shape index (κ3) is 2.24. The molecule has 2 spiro atoms. The molecule has 2 unspecified atom stereocenters. The average Bonchev–Trinajstić information content (AvgIpc) is 3.42. The summed E-state index contributed by atoms with van der Waals surface area (Å²) in [6.45, 7) is 2.52. The number of piperidine rings is 1. The van der Waals surface area contributed by atoms with Crippen molar-refractivity contribution in [3.05, 3.63) is 59.2 Å². The van der Waals surface area contributed by atoms with E-state index in [0.29, 0.717) is 32.7 Å². The van der Waals surface area contributed by atoms with Gasteiger partial charge in [0.2, 0.25) is 5.79 Å². The first-order chi connectivity index (χ1) is 15.6. The van der Waals surface area contributed by atoms with Crippen molar-refractivity contribution in [2.45, 2.75) is 61.2 Å². The van der Waals surface area contributed by atoms with Crippen molar-refractivity contribution < 1.29 is 24.1 Å². The Bertz CT molecular complexity index is 1070. The molecule has 2 saturated heterocycles. The second-order valence-electron chi connectivity index (χ2n) is 10.1. The Morgan fingerprint density at radius 1 is 1.06 bits per heavy atom. The smallest absolute Gasteiger partial charge is 0.207 e. The van der Waals surface area contributed by atoms with Gasteiger partial charge in [-0.25, -0.2) is 0 Å². The van der Waals surface area contributed by atoms with Gasteiger partial charge < -0.3 is 29.0 Å². The molecule has 3 aliphatic heterocycles. The first-order valence-electron chi connectivity index (χ1n) is 11.8. The summed E-state index contributed by atoms with van der Waals surface area (Å²) >= 11 is 0. The number of likely N-dealkylation sites (N-methyl/N-ethyl adjacent to an activating group) is 1. The molecule has 2 aliphatic carbocycles.